The highest BCUT2D eigenvalue weighted by Gasteiger charge is 2.16. The summed E-state index contributed by atoms with van der Waals surface area (Å²) in [4.78, 5) is 14.0. The van der Waals surface area contributed by atoms with Crippen molar-refractivity contribution in [2.75, 3.05) is 32.7 Å². The summed E-state index contributed by atoms with van der Waals surface area (Å²) in [5, 5.41) is 6.21. The molecule has 0 aromatic rings. The van der Waals surface area contributed by atoms with Crippen LogP contribution in [0, 0.1) is 0 Å². The van der Waals surface area contributed by atoms with E-state index in [-0.39, 0.29) is 12.1 Å². The summed E-state index contributed by atoms with van der Waals surface area (Å²) in [6.45, 7) is 13.0. The van der Waals surface area contributed by atoms with Crippen LogP contribution < -0.4 is 10.6 Å². The highest BCUT2D eigenvalue weighted by Crippen LogP contribution is 2.07. The van der Waals surface area contributed by atoms with Gasteiger partial charge in [0, 0.05) is 12.6 Å². The fourth-order valence-electron chi connectivity index (χ4n) is 2.28. The average molecular weight is 285 g/mol. The van der Waals surface area contributed by atoms with Crippen molar-refractivity contribution in [2.45, 2.75) is 58.6 Å². The van der Waals surface area contributed by atoms with E-state index in [0.717, 1.165) is 13.0 Å². The Morgan fingerprint density at radius 3 is 2.55 bits per heavy atom. The van der Waals surface area contributed by atoms with Crippen molar-refractivity contribution in [3.05, 3.63) is 0 Å². The van der Waals surface area contributed by atoms with Gasteiger partial charge in [-0.15, -0.1) is 0 Å². The summed E-state index contributed by atoms with van der Waals surface area (Å²) in [6.07, 6.45) is 3.52. The summed E-state index contributed by atoms with van der Waals surface area (Å²) < 4.78 is 5.20. The molecule has 1 unspecified atom stereocenters. The molecule has 0 aromatic heterocycles. The van der Waals surface area contributed by atoms with Gasteiger partial charge < -0.3 is 20.3 Å². The SMILES string of the molecule is CC(CNC(=O)OC(C)(C)C)NCCCN1CCCC1. The number of hydrogen-bond donors (Lipinski definition) is 2. The fourth-order valence-corrected chi connectivity index (χ4v) is 2.28. The average Bonchev–Trinajstić information content (AvgIpc) is 2.83. The quantitative estimate of drug-likeness (QED) is 0.702. The Morgan fingerprint density at radius 1 is 1.30 bits per heavy atom. The maximum Gasteiger partial charge on any atom is 0.407 e. The number of amides is 1. The van der Waals surface area contributed by atoms with E-state index >= 15 is 0 Å². The Labute approximate surface area is 123 Å². The van der Waals surface area contributed by atoms with Gasteiger partial charge in [0.1, 0.15) is 5.60 Å². The second-order valence-corrected chi connectivity index (χ2v) is 6.64. The monoisotopic (exact) mass is 285 g/mol. The molecule has 1 atom stereocenters. The number of carbonyl (C=O) groups is 1. The molecule has 20 heavy (non-hydrogen) atoms. The predicted molar refractivity (Wildman–Crippen MR) is 82.0 cm³/mol. The molecule has 1 amide bonds. The molecule has 0 saturated carbocycles. The van der Waals surface area contributed by atoms with Crippen LogP contribution in [0.15, 0.2) is 0 Å². The molecule has 1 saturated heterocycles. The summed E-state index contributed by atoms with van der Waals surface area (Å²) in [7, 11) is 0. The number of nitrogens with zero attached hydrogens (tertiary/aromatic N) is 1. The van der Waals surface area contributed by atoms with Crippen molar-refractivity contribution in [1.82, 2.24) is 15.5 Å². The fraction of sp³-hybridized carbons (Fsp3) is 0.933. The highest BCUT2D eigenvalue weighted by atomic mass is 16.6. The largest absolute Gasteiger partial charge is 0.444 e. The maximum absolute atomic E-state index is 11.5. The Bertz CT molecular complexity index is 283. The first-order chi connectivity index (χ1) is 9.37. The van der Waals surface area contributed by atoms with E-state index < -0.39 is 5.60 Å². The van der Waals surface area contributed by atoms with Gasteiger partial charge >= 0.3 is 6.09 Å². The standard InChI is InChI=1S/C15H31N3O2/c1-13(12-17-14(19)20-15(2,3)4)16-8-7-11-18-9-5-6-10-18/h13,16H,5-12H2,1-4H3,(H,17,19). The Balaban J connectivity index is 1.99. The molecule has 2 N–H and O–H groups in total. The molecule has 1 fully saturated rings. The molecular weight excluding hydrogens is 254 g/mol. The van der Waals surface area contributed by atoms with Crippen molar-refractivity contribution in [3.8, 4) is 0 Å². The minimum atomic E-state index is -0.434. The minimum absolute atomic E-state index is 0.265. The Morgan fingerprint density at radius 2 is 1.95 bits per heavy atom. The van der Waals surface area contributed by atoms with E-state index in [0.29, 0.717) is 6.54 Å². The lowest BCUT2D eigenvalue weighted by molar-refractivity contribution is 0.0523. The van der Waals surface area contributed by atoms with E-state index in [4.69, 9.17) is 4.74 Å². The lowest BCUT2D eigenvalue weighted by atomic mass is 10.2. The van der Waals surface area contributed by atoms with Crippen LogP contribution in [0.4, 0.5) is 4.79 Å². The smallest absolute Gasteiger partial charge is 0.407 e. The second-order valence-electron chi connectivity index (χ2n) is 6.64. The van der Waals surface area contributed by atoms with Crippen molar-refractivity contribution in [1.29, 1.82) is 0 Å². The van der Waals surface area contributed by atoms with Crippen LogP contribution in [-0.2, 0) is 4.74 Å². The molecule has 118 valence electrons. The van der Waals surface area contributed by atoms with Gasteiger partial charge in [0.05, 0.1) is 0 Å². The highest BCUT2D eigenvalue weighted by molar-refractivity contribution is 5.67. The van der Waals surface area contributed by atoms with Crippen LogP contribution in [0.25, 0.3) is 0 Å². The lowest BCUT2D eigenvalue weighted by Gasteiger charge is -2.21. The van der Waals surface area contributed by atoms with Gasteiger partial charge in [-0.1, -0.05) is 0 Å². The molecule has 0 spiro atoms. The number of rotatable bonds is 7. The zero-order valence-corrected chi connectivity index (χ0v) is 13.5. The number of nitrogens with one attached hydrogen (secondary N) is 2. The van der Waals surface area contributed by atoms with E-state index in [1.807, 2.05) is 20.8 Å². The number of ether oxygens (including phenoxy) is 1. The first-order valence-electron chi connectivity index (χ1n) is 7.79. The Hall–Kier alpha value is -0.810. The summed E-state index contributed by atoms with van der Waals surface area (Å²) in [6, 6.07) is 0.265. The first-order valence-corrected chi connectivity index (χ1v) is 7.79. The topological polar surface area (TPSA) is 53.6 Å². The number of carbonyl (C=O) groups excluding carboxylic acids is 1. The van der Waals surface area contributed by atoms with Gasteiger partial charge in [0.15, 0.2) is 0 Å². The third kappa shape index (κ3) is 8.38. The van der Waals surface area contributed by atoms with Crippen LogP contribution >= 0.6 is 0 Å². The molecule has 1 aliphatic heterocycles. The van der Waals surface area contributed by atoms with Gasteiger partial charge in [0.2, 0.25) is 0 Å². The number of hydrogen-bond acceptors (Lipinski definition) is 4. The minimum Gasteiger partial charge on any atom is -0.444 e. The van der Waals surface area contributed by atoms with Crippen molar-refractivity contribution in [3.63, 3.8) is 0 Å². The molecule has 5 heteroatoms. The summed E-state index contributed by atoms with van der Waals surface area (Å²) >= 11 is 0. The molecule has 0 aromatic carbocycles. The van der Waals surface area contributed by atoms with Gasteiger partial charge in [-0.25, -0.2) is 4.79 Å². The van der Waals surface area contributed by atoms with Gasteiger partial charge in [-0.3, -0.25) is 0 Å². The zero-order valence-electron chi connectivity index (χ0n) is 13.5. The van der Waals surface area contributed by atoms with Gasteiger partial charge in [-0.05, 0) is 73.1 Å². The molecule has 0 bridgehead atoms. The van der Waals surface area contributed by atoms with E-state index in [1.54, 1.807) is 0 Å². The molecule has 0 radical (unpaired) electrons. The van der Waals surface area contributed by atoms with Crippen LogP contribution in [0.1, 0.15) is 47.0 Å². The molecule has 0 aliphatic carbocycles. The van der Waals surface area contributed by atoms with E-state index in [1.165, 1.54) is 32.5 Å². The van der Waals surface area contributed by atoms with Crippen molar-refractivity contribution in [2.24, 2.45) is 0 Å². The van der Waals surface area contributed by atoms with Crippen LogP contribution in [0.2, 0.25) is 0 Å². The second kappa shape index (κ2) is 8.47. The Kier molecular flexibility index (Phi) is 7.30. The summed E-state index contributed by atoms with van der Waals surface area (Å²) in [5.41, 5.74) is -0.434. The van der Waals surface area contributed by atoms with Crippen LogP contribution in [0.3, 0.4) is 0 Å². The molecule has 1 rings (SSSR count). The van der Waals surface area contributed by atoms with E-state index in [9.17, 15) is 4.79 Å². The number of likely N-dealkylation sites (tertiary alicyclic amines) is 1. The molecule has 5 nitrogen and oxygen atoms in total. The van der Waals surface area contributed by atoms with Crippen molar-refractivity contribution >= 4 is 6.09 Å². The molecular formula is C15H31N3O2. The van der Waals surface area contributed by atoms with Crippen LogP contribution in [-0.4, -0.2) is 55.4 Å². The summed E-state index contributed by atoms with van der Waals surface area (Å²) in [5.74, 6) is 0. The molecule has 1 aliphatic rings. The van der Waals surface area contributed by atoms with Crippen molar-refractivity contribution < 1.29 is 9.53 Å². The van der Waals surface area contributed by atoms with Gasteiger partial charge in [0.25, 0.3) is 0 Å². The third-order valence-electron chi connectivity index (χ3n) is 3.29. The third-order valence-corrected chi connectivity index (χ3v) is 3.29. The maximum atomic E-state index is 11.5. The van der Waals surface area contributed by atoms with Gasteiger partial charge in [-0.2, -0.15) is 0 Å². The first kappa shape index (κ1) is 17.2. The normalized spacial score (nSPS) is 18.0. The van der Waals surface area contributed by atoms with Crippen LogP contribution in [0.5, 0.6) is 0 Å². The van der Waals surface area contributed by atoms with E-state index in [2.05, 4.69) is 22.5 Å². The lowest BCUT2D eigenvalue weighted by Crippen LogP contribution is -2.41. The number of alkyl carbamates (subject to hydrolysis) is 1. The predicted octanol–water partition coefficient (Wildman–Crippen LogP) is 1.98. The molecule has 1 heterocycles. The zero-order chi connectivity index (χ0) is 15.0.